The minimum atomic E-state index is 0.455. The molecule has 0 unspecified atom stereocenters. The first-order chi connectivity index (χ1) is 6.79. The van der Waals surface area contributed by atoms with Crippen molar-refractivity contribution in [1.29, 1.82) is 0 Å². The van der Waals surface area contributed by atoms with Crippen molar-refractivity contribution in [3.63, 3.8) is 0 Å². The molecule has 5 heteroatoms. The van der Waals surface area contributed by atoms with Crippen molar-refractivity contribution in [1.82, 2.24) is 20.2 Å². The van der Waals surface area contributed by atoms with Crippen LogP contribution in [0.1, 0.15) is 11.5 Å². The van der Waals surface area contributed by atoms with Gasteiger partial charge in [-0.3, -0.25) is 5.10 Å². The molecule has 0 aliphatic carbocycles. The first-order valence-corrected chi connectivity index (χ1v) is 4.34. The average molecular weight is 189 g/mol. The average Bonchev–Trinajstić information content (AvgIpc) is 2.66. The molecule has 72 valence electrons. The smallest absolute Gasteiger partial charge is 0.125 e. The first-order valence-electron chi connectivity index (χ1n) is 4.34. The number of H-pyrrole nitrogens is 1. The van der Waals surface area contributed by atoms with Crippen LogP contribution in [-0.2, 0) is 6.54 Å². The van der Waals surface area contributed by atoms with Gasteiger partial charge in [-0.15, -0.1) is 0 Å². The van der Waals surface area contributed by atoms with Gasteiger partial charge in [-0.25, -0.2) is 9.97 Å². The van der Waals surface area contributed by atoms with E-state index in [9.17, 15) is 0 Å². The predicted molar refractivity (Wildman–Crippen MR) is 52.2 cm³/mol. The molecule has 0 atom stereocenters. The van der Waals surface area contributed by atoms with E-state index >= 15 is 0 Å². The monoisotopic (exact) mass is 189 g/mol. The second-order valence-electron chi connectivity index (χ2n) is 2.97. The fourth-order valence-electron chi connectivity index (χ4n) is 1.20. The number of aromatic nitrogens is 4. The van der Waals surface area contributed by atoms with E-state index in [1.807, 2.05) is 19.1 Å². The Morgan fingerprint density at radius 3 is 2.93 bits per heavy atom. The molecule has 5 nitrogen and oxygen atoms in total. The largest absolute Gasteiger partial charge is 0.325 e. The zero-order valence-corrected chi connectivity index (χ0v) is 7.86. The summed E-state index contributed by atoms with van der Waals surface area (Å²) in [4.78, 5) is 8.28. The number of aromatic amines is 1. The summed E-state index contributed by atoms with van der Waals surface area (Å²) in [5.41, 5.74) is 7.98. The summed E-state index contributed by atoms with van der Waals surface area (Å²) < 4.78 is 0. The van der Waals surface area contributed by atoms with E-state index in [0.717, 1.165) is 22.9 Å². The summed E-state index contributed by atoms with van der Waals surface area (Å²) in [7, 11) is 0. The third-order valence-corrected chi connectivity index (χ3v) is 1.89. The maximum Gasteiger partial charge on any atom is 0.125 e. The first kappa shape index (κ1) is 8.83. The normalized spacial score (nSPS) is 10.4. The van der Waals surface area contributed by atoms with Crippen LogP contribution in [-0.4, -0.2) is 20.2 Å². The van der Waals surface area contributed by atoms with Gasteiger partial charge in [-0.2, -0.15) is 5.10 Å². The van der Waals surface area contributed by atoms with Crippen molar-refractivity contribution >= 4 is 0 Å². The molecular formula is C9H11N5. The number of rotatable bonds is 2. The molecule has 0 aromatic carbocycles. The molecule has 0 aliphatic heterocycles. The summed E-state index contributed by atoms with van der Waals surface area (Å²) in [6, 6.07) is 3.71. The lowest BCUT2D eigenvalue weighted by molar-refractivity contribution is 0.946. The van der Waals surface area contributed by atoms with Gasteiger partial charge in [0.25, 0.3) is 0 Å². The lowest BCUT2D eigenvalue weighted by Gasteiger charge is -1.95. The second-order valence-corrected chi connectivity index (χ2v) is 2.97. The number of nitrogens with two attached hydrogens (primary N) is 1. The van der Waals surface area contributed by atoms with E-state index in [2.05, 4.69) is 20.2 Å². The van der Waals surface area contributed by atoms with Crippen molar-refractivity contribution in [2.75, 3.05) is 0 Å². The van der Waals surface area contributed by atoms with E-state index < -0.39 is 0 Å². The Bertz CT molecular complexity index is 434. The number of nitrogens with one attached hydrogen (secondary N) is 1. The predicted octanol–water partition coefficient (Wildman–Crippen LogP) is 0.634. The maximum atomic E-state index is 5.47. The molecule has 0 aliphatic rings. The Balaban J connectivity index is 2.39. The summed E-state index contributed by atoms with van der Waals surface area (Å²) in [5, 5.41) is 6.94. The fraction of sp³-hybridized carbons (Fsp3) is 0.222. The van der Waals surface area contributed by atoms with E-state index in [0.29, 0.717) is 6.54 Å². The second kappa shape index (κ2) is 3.55. The maximum absolute atomic E-state index is 5.47. The number of hydrogen-bond donors (Lipinski definition) is 2. The van der Waals surface area contributed by atoms with Crippen molar-refractivity contribution < 1.29 is 0 Å². The van der Waals surface area contributed by atoms with E-state index in [1.165, 1.54) is 0 Å². The third kappa shape index (κ3) is 1.62. The van der Waals surface area contributed by atoms with Gasteiger partial charge in [0.05, 0.1) is 5.69 Å². The lowest BCUT2D eigenvalue weighted by atomic mass is 10.3. The van der Waals surface area contributed by atoms with Gasteiger partial charge in [0, 0.05) is 18.4 Å². The van der Waals surface area contributed by atoms with Crippen LogP contribution in [0.2, 0.25) is 0 Å². The molecule has 0 radical (unpaired) electrons. The van der Waals surface area contributed by atoms with Crippen LogP contribution in [0.15, 0.2) is 18.3 Å². The Labute approximate surface area is 81.4 Å². The molecule has 2 heterocycles. The molecule has 0 saturated heterocycles. The van der Waals surface area contributed by atoms with Crippen LogP contribution in [0.5, 0.6) is 0 Å². The Hall–Kier alpha value is -1.75. The Morgan fingerprint density at radius 2 is 2.29 bits per heavy atom. The van der Waals surface area contributed by atoms with Gasteiger partial charge < -0.3 is 5.73 Å². The van der Waals surface area contributed by atoms with E-state index in [4.69, 9.17) is 5.73 Å². The summed E-state index contributed by atoms with van der Waals surface area (Å²) >= 11 is 0. The SMILES string of the molecule is Cc1nccc(-c2cc(CN)[nH]n2)n1. The zero-order chi connectivity index (χ0) is 9.97. The van der Waals surface area contributed by atoms with Gasteiger partial charge in [0.1, 0.15) is 11.5 Å². The summed E-state index contributed by atoms with van der Waals surface area (Å²) in [6.45, 7) is 2.30. The molecule has 3 N–H and O–H groups in total. The molecule has 2 aromatic heterocycles. The minimum Gasteiger partial charge on any atom is -0.325 e. The molecule has 0 spiro atoms. The zero-order valence-electron chi connectivity index (χ0n) is 7.86. The molecule has 0 fully saturated rings. The quantitative estimate of drug-likeness (QED) is 0.726. The van der Waals surface area contributed by atoms with Crippen molar-refractivity contribution in [2.45, 2.75) is 13.5 Å². The summed E-state index contributed by atoms with van der Waals surface area (Å²) in [6.07, 6.45) is 1.72. The van der Waals surface area contributed by atoms with Crippen LogP contribution >= 0.6 is 0 Å². The van der Waals surface area contributed by atoms with Gasteiger partial charge in [-0.05, 0) is 19.1 Å². The Kier molecular flexibility index (Phi) is 2.24. The number of hydrogen-bond acceptors (Lipinski definition) is 4. The van der Waals surface area contributed by atoms with Crippen LogP contribution in [0.4, 0.5) is 0 Å². The topological polar surface area (TPSA) is 80.5 Å². The third-order valence-electron chi connectivity index (χ3n) is 1.89. The Morgan fingerprint density at radius 1 is 1.43 bits per heavy atom. The number of nitrogens with zero attached hydrogens (tertiary/aromatic N) is 3. The van der Waals surface area contributed by atoms with Crippen molar-refractivity contribution in [3.05, 3.63) is 29.8 Å². The minimum absolute atomic E-state index is 0.455. The lowest BCUT2D eigenvalue weighted by Crippen LogP contribution is -1.95. The highest BCUT2D eigenvalue weighted by molar-refractivity contribution is 5.53. The van der Waals surface area contributed by atoms with E-state index in [-0.39, 0.29) is 0 Å². The standard InChI is InChI=1S/C9H11N5/c1-6-11-3-2-8(12-6)9-4-7(5-10)13-14-9/h2-4H,5,10H2,1H3,(H,13,14). The van der Waals surface area contributed by atoms with Crippen LogP contribution in [0, 0.1) is 6.92 Å². The van der Waals surface area contributed by atoms with Gasteiger partial charge in [-0.1, -0.05) is 0 Å². The molecule has 2 rings (SSSR count). The van der Waals surface area contributed by atoms with Gasteiger partial charge in [0.2, 0.25) is 0 Å². The molecule has 0 amide bonds. The molecular weight excluding hydrogens is 178 g/mol. The van der Waals surface area contributed by atoms with Crippen LogP contribution in [0.3, 0.4) is 0 Å². The molecule has 0 saturated carbocycles. The van der Waals surface area contributed by atoms with Crippen molar-refractivity contribution in [3.8, 4) is 11.4 Å². The molecule has 2 aromatic rings. The highest BCUT2D eigenvalue weighted by atomic mass is 15.1. The highest BCUT2D eigenvalue weighted by Gasteiger charge is 2.04. The highest BCUT2D eigenvalue weighted by Crippen LogP contribution is 2.13. The molecule has 14 heavy (non-hydrogen) atoms. The molecule has 0 bridgehead atoms. The van der Waals surface area contributed by atoms with Gasteiger partial charge in [0.15, 0.2) is 0 Å². The number of aryl methyl sites for hydroxylation is 1. The van der Waals surface area contributed by atoms with Crippen LogP contribution in [0.25, 0.3) is 11.4 Å². The van der Waals surface area contributed by atoms with Crippen molar-refractivity contribution in [2.24, 2.45) is 5.73 Å². The van der Waals surface area contributed by atoms with Gasteiger partial charge >= 0.3 is 0 Å². The fourth-order valence-corrected chi connectivity index (χ4v) is 1.20. The van der Waals surface area contributed by atoms with E-state index in [1.54, 1.807) is 6.20 Å². The summed E-state index contributed by atoms with van der Waals surface area (Å²) in [5.74, 6) is 0.736. The van der Waals surface area contributed by atoms with Crippen LogP contribution < -0.4 is 5.73 Å².